The van der Waals surface area contributed by atoms with Gasteiger partial charge in [-0.15, -0.1) is 0 Å². The molecule has 1 aromatic rings. The average Bonchev–Trinajstić information content (AvgIpc) is 2.41. The van der Waals surface area contributed by atoms with E-state index in [1.807, 2.05) is 13.8 Å². The number of allylic oxidation sites excluding steroid dienone is 3. The summed E-state index contributed by atoms with van der Waals surface area (Å²) in [6.07, 6.45) is 1.06. The Morgan fingerprint density at radius 1 is 1.00 bits per heavy atom. The third-order valence-electron chi connectivity index (χ3n) is 3.83. The summed E-state index contributed by atoms with van der Waals surface area (Å²) in [5, 5.41) is 0. The van der Waals surface area contributed by atoms with Crippen molar-refractivity contribution in [1.82, 2.24) is 0 Å². The summed E-state index contributed by atoms with van der Waals surface area (Å²) in [4.78, 5) is 0. The summed E-state index contributed by atoms with van der Waals surface area (Å²) in [5.41, 5.74) is 9.49. The Morgan fingerprint density at radius 3 is 1.95 bits per heavy atom. The number of rotatable bonds is 3. The van der Waals surface area contributed by atoms with Gasteiger partial charge in [0.15, 0.2) is 0 Å². The predicted molar refractivity (Wildman–Crippen MR) is 89.7 cm³/mol. The molecule has 0 heteroatoms. The first kappa shape index (κ1) is 17.7. The quantitative estimate of drug-likeness (QED) is 0.550. The Morgan fingerprint density at radius 2 is 1.53 bits per heavy atom. The Balaban J connectivity index is 0.00000154. The van der Waals surface area contributed by atoms with Gasteiger partial charge in [0.05, 0.1) is 0 Å². The molecule has 106 valence electrons. The fourth-order valence-corrected chi connectivity index (χ4v) is 2.20. The van der Waals surface area contributed by atoms with Crippen LogP contribution >= 0.6 is 0 Å². The molecule has 0 saturated heterocycles. The van der Waals surface area contributed by atoms with Crippen LogP contribution in [0.3, 0.4) is 0 Å². The van der Waals surface area contributed by atoms with Gasteiger partial charge in [-0.1, -0.05) is 45.1 Å². The smallest absolute Gasteiger partial charge is 0.0190 e. The molecule has 0 amide bonds. The standard InChI is InChI=1S/C17H24.C2H6/c1-8-16(13(5)11(2)3)17-10-9-12(4)14(6)15(17)7;1-2/h9-10H,2,8H2,1,3-7H3;1-2H3/b16-13-;. The minimum atomic E-state index is 1.06. The first-order chi connectivity index (χ1) is 8.90. The van der Waals surface area contributed by atoms with E-state index in [2.05, 4.69) is 60.3 Å². The molecule has 0 radical (unpaired) electrons. The zero-order chi connectivity index (χ0) is 15.2. The van der Waals surface area contributed by atoms with Crippen molar-refractivity contribution in [2.24, 2.45) is 0 Å². The van der Waals surface area contributed by atoms with Crippen LogP contribution in [0.15, 0.2) is 29.9 Å². The first-order valence-electron chi connectivity index (χ1n) is 7.32. The molecule has 0 aromatic heterocycles. The van der Waals surface area contributed by atoms with Crippen molar-refractivity contribution in [1.29, 1.82) is 0 Å². The van der Waals surface area contributed by atoms with Crippen LogP contribution in [-0.2, 0) is 0 Å². The number of benzene rings is 1. The predicted octanol–water partition coefficient (Wildman–Crippen LogP) is 6.40. The molecular weight excluding hydrogens is 228 g/mol. The molecule has 0 aliphatic carbocycles. The van der Waals surface area contributed by atoms with Crippen LogP contribution in [0, 0.1) is 20.8 Å². The molecule has 0 nitrogen and oxygen atoms in total. The summed E-state index contributed by atoms with van der Waals surface area (Å²) in [6.45, 7) is 21.1. The van der Waals surface area contributed by atoms with Crippen LogP contribution in [-0.4, -0.2) is 0 Å². The summed E-state index contributed by atoms with van der Waals surface area (Å²) < 4.78 is 0. The van der Waals surface area contributed by atoms with E-state index in [1.165, 1.54) is 39.0 Å². The molecule has 0 heterocycles. The van der Waals surface area contributed by atoms with Crippen LogP contribution in [0.25, 0.3) is 5.57 Å². The second kappa shape index (κ2) is 7.99. The largest absolute Gasteiger partial charge is 0.0958 e. The van der Waals surface area contributed by atoms with Crippen molar-refractivity contribution in [3.63, 3.8) is 0 Å². The minimum Gasteiger partial charge on any atom is -0.0958 e. The normalized spacial score (nSPS) is 11.4. The lowest BCUT2D eigenvalue weighted by Gasteiger charge is -2.16. The highest BCUT2D eigenvalue weighted by Gasteiger charge is 2.10. The van der Waals surface area contributed by atoms with Gasteiger partial charge in [-0.2, -0.15) is 0 Å². The Bertz CT molecular complexity index is 473. The maximum Gasteiger partial charge on any atom is -0.0190 e. The van der Waals surface area contributed by atoms with Crippen molar-refractivity contribution >= 4 is 5.57 Å². The lowest BCUT2D eigenvalue weighted by atomic mass is 9.89. The molecule has 0 aliphatic heterocycles. The van der Waals surface area contributed by atoms with E-state index in [4.69, 9.17) is 0 Å². The maximum atomic E-state index is 4.06. The third kappa shape index (κ3) is 4.09. The number of hydrogen-bond acceptors (Lipinski definition) is 0. The highest BCUT2D eigenvalue weighted by atomic mass is 14.1. The van der Waals surface area contributed by atoms with Gasteiger partial charge in [-0.05, 0) is 74.4 Å². The molecule has 0 fully saturated rings. The van der Waals surface area contributed by atoms with E-state index in [-0.39, 0.29) is 0 Å². The van der Waals surface area contributed by atoms with Gasteiger partial charge < -0.3 is 0 Å². The lowest BCUT2D eigenvalue weighted by Crippen LogP contribution is -1.96. The summed E-state index contributed by atoms with van der Waals surface area (Å²) in [7, 11) is 0. The van der Waals surface area contributed by atoms with Gasteiger partial charge in [0, 0.05) is 0 Å². The van der Waals surface area contributed by atoms with Crippen molar-refractivity contribution < 1.29 is 0 Å². The molecular formula is C19H30. The van der Waals surface area contributed by atoms with Crippen LogP contribution in [0.5, 0.6) is 0 Å². The van der Waals surface area contributed by atoms with E-state index >= 15 is 0 Å². The van der Waals surface area contributed by atoms with Crippen LogP contribution in [0.4, 0.5) is 0 Å². The van der Waals surface area contributed by atoms with Crippen LogP contribution < -0.4 is 0 Å². The fraction of sp³-hybridized carbons (Fsp3) is 0.474. The summed E-state index contributed by atoms with van der Waals surface area (Å²) >= 11 is 0. The Hall–Kier alpha value is -1.30. The topological polar surface area (TPSA) is 0 Å². The lowest BCUT2D eigenvalue weighted by molar-refractivity contribution is 1.16. The number of hydrogen-bond donors (Lipinski definition) is 0. The van der Waals surface area contributed by atoms with Crippen molar-refractivity contribution in [3.8, 4) is 0 Å². The second-order valence-electron chi connectivity index (χ2n) is 4.92. The second-order valence-corrected chi connectivity index (χ2v) is 4.92. The van der Waals surface area contributed by atoms with E-state index in [9.17, 15) is 0 Å². The van der Waals surface area contributed by atoms with E-state index in [0.717, 1.165) is 6.42 Å². The van der Waals surface area contributed by atoms with Crippen molar-refractivity contribution in [2.75, 3.05) is 0 Å². The zero-order valence-corrected chi connectivity index (χ0v) is 14.1. The van der Waals surface area contributed by atoms with Gasteiger partial charge >= 0.3 is 0 Å². The molecule has 0 saturated carbocycles. The maximum absolute atomic E-state index is 4.06. The molecule has 0 atom stereocenters. The molecule has 0 N–H and O–H groups in total. The highest BCUT2D eigenvalue weighted by molar-refractivity contribution is 5.74. The van der Waals surface area contributed by atoms with Gasteiger partial charge in [-0.3, -0.25) is 0 Å². The average molecular weight is 258 g/mol. The number of aryl methyl sites for hydroxylation is 1. The molecule has 0 aliphatic rings. The van der Waals surface area contributed by atoms with Crippen LogP contribution in [0.2, 0.25) is 0 Å². The highest BCUT2D eigenvalue weighted by Crippen LogP contribution is 2.30. The molecule has 0 bridgehead atoms. The molecule has 0 spiro atoms. The van der Waals surface area contributed by atoms with E-state index in [0.29, 0.717) is 0 Å². The van der Waals surface area contributed by atoms with E-state index in [1.54, 1.807) is 0 Å². The third-order valence-corrected chi connectivity index (χ3v) is 3.83. The molecule has 1 aromatic carbocycles. The molecule has 19 heavy (non-hydrogen) atoms. The fourth-order valence-electron chi connectivity index (χ4n) is 2.20. The van der Waals surface area contributed by atoms with Crippen molar-refractivity contribution in [2.45, 2.75) is 61.8 Å². The minimum absolute atomic E-state index is 1.06. The zero-order valence-electron chi connectivity index (χ0n) is 14.1. The monoisotopic (exact) mass is 258 g/mol. The first-order valence-corrected chi connectivity index (χ1v) is 7.32. The van der Waals surface area contributed by atoms with Gasteiger partial charge in [-0.25, -0.2) is 0 Å². The van der Waals surface area contributed by atoms with Crippen LogP contribution in [0.1, 0.15) is 63.3 Å². The van der Waals surface area contributed by atoms with Gasteiger partial charge in [0.1, 0.15) is 0 Å². The summed E-state index contributed by atoms with van der Waals surface area (Å²) in [5.74, 6) is 0. The molecule has 0 unspecified atom stereocenters. The molecule has 1 rings (SSSR count). The SMILES string of the molecule is C=C(C)/C(C)=C(/CC)c1ccc(C)c(C)c1C.CC. The summed E-state index contributed by atoms with van der Waals surface area (Å²) in [6, 6.07) is 4.47. The van der Waals surface area contributed by atoms with Gasteiger partial charge in [0.2, 0.25) is 0 Å². The van der Waals surface area contributed by atoms with Crippen molar-refractivity contribution in [3.05, 3.63) is 52.1 Å². The van der Waals surface area contributed by atoms with E-state index < -0.39 is 0 Å². The van der Waals surface area contributed by atoms with Gasteiger partial charge in [0.25, 0.3) is 0 Å². The Kier molecular flexibility index (Phi) is 7.44. The Labute approximate surface area is 120 Å².